The van der Waals surface area contributed by atoms with E-state index in [1.54, 1.807) is 9.10 Å². The molecule has 23 heavy (non-hydrogen) atoms. The van der Waals surface area contributed by atoms with Gasteiger partial charge in [0.25, 0.3) is 0 Å². The van der Waals surface area contributed by atoms with Gasteiger partial charge in [-0.05, 0) is 25.7 Å². The van der Waals surface area contributed by atoms with Crippen LogP contribution in [0.5, 0.6) is 0 Å². The summed E-state index contributed by atoms with van der Waals surface area (Å²) in [6, 6.07) is 0. The zero-order valence-electron chi connectivity index (χ0n) is 16.0. The summed E-state index contributed by atoms with van der Waals surface area (Å²) >= 11 is 0.288. The lowest BCUT2D eigenvalue weighted by Gasteiger charge is -2.02. The second-order valence-electron chi connectivity index (χ2n) is 7.17. The summed E-state index contributed by atoms with van der Waals surface area (Å²) in [6.07, 6.45) is 26.9. The average Bonchev–Trinajstić information content (AvgIpc) is 2.57. The normalized spacial score (nSPS) is 10.4. The fourth-order valence-corrected chi connectivity index (χ4v) is 5.00. The van der Waals surface area contributed by atoms with Gasteiger partial charge in [0, 0.05) is 0 Å². The Balaban J connectivity index is 2.94. The maximum Gasteiger partial charge on any atom is 0.364 e. The Kier molecular flexibility index (Phi) is 22.5. The molecule has 0 radical (unpaired) electrons. The summed E-state index contributed by atoms with van der Waals surface area (Å²) in [7, 11) is 0. The van der Waals surface area contributed by atoms with Crippen molar-refractivity contribution in [3.8, 4) is 0 Å². The third-order valence-electron chi connectivity index (χ3n) is 4.82. The van der Waals surface area contributed by atoms with Crippen molar-refractivity contribution >= 4 is 20.4 Å². The maximum atomic E-state index is 3.78. The Labute approximate surface area is 157 Å². The summed E-state index contributed by atoms with van der Waals surface area (Å²) in [5, 5.41) is 0. The molecule has 0 unspecified atom stereocenters. The molecule has 0 spiro atoms. The zero-order valence-corrected chi connectivity index (χ0v) is 17.4. The average molecular weight is 331 g/mol. The largest absolute Gasteiger partial charge is 0.364 e. The van der Waals surface area contributed by atoms with Crippen molar-refractivity contribution in [1.82, 2.24) is 0 Å². The van der Waals surface area contributed by atoms with E-state index in [9.17, 15) is 0 Å². The van der Waals surface area contributed by atoms with Gasteiger partial charge in [-0.15, -0.1) is 22.3 Å². The monoisotopic (exact) mass is 330 g/mol. The topological polar surface area (TPSA) is 0 Å². The molecule has 0 aliphatic carbocycles. The maximum absolute atomic E-state index is 3.78. The Bertz CT molecular complexity index is 210. The smallest absolute Gasteiger partial charge is 0.146 e. The minimum atomic E-state index is 0.288. The first-order valence-corrected chi connectivity index (χ1v) is 12.6. The minimum absolute atomic E-state index is 0.288. The molecular formula is C22H42Mg. The lowest BCUT2D eigenvalue weighted by Crippen LogP contribution is -1.90. The number of allylic oxidation sites excluding steroid dienone is 2. The molecule has 0 aromatic heterocycles. The SMILES string of the molecule is C=CCCCCCCCC[CH2][Mg][CH2]CCCCCCCCC=C. The van der Waals surface area contributed by atoms with E-state index in [1.807, 2.05) is 0 Å². The minimum Gasteiger partial charge on any atom is -0.146 e. The first-order valence-electron chi connectivity index (χ1n) is 10.6. The number of hydrogen-bond acceptors (Lipinski definition) is 0. The van der Waals surface area contributed by atoms with Crippen molar-refractivity contribution in [2.45, 2.75) is 112 Å². The van der Waals surface area contributed by atoms with Crippen LogP contribution in [-0.2, 0) is 0 Å². The van der Waals surface area contributed by atoms with Crippen LogP contribution in [0.2, 0.25) is 9.10 Å². The summed E-state index contributed by atoms with van der Waals surface area (Å²) < 4.78 is 3.22. The molecule has 0 aliphatic rings. The van der Waals surface area contributed by atoms with Crippen LogP contribution in [0.25, 0.3) is 0 Å². The van der Waals surface area contributed by atoms with Gasteiger partial charge in [0.05, 0.1) is 0 Å². The molecule has 1 heteroatoms. The highest BCUT2D eigenvalue weighted by Gasteiger charge is 1.97. The molecule has 0 rings (SSSR count). The summed E-state index contributed by atoms with van der Waals surface area (Å²) in [5.41, 5.74) is 0. The molecule has 0 aliphatic heterocycles. The molecule has 132 valence electrons. The van der Waals surface area contributed by atoms with Gasteiger partial charge in [0.1, 0.15) is 0 Å². The molecule has 0 nitrogen and oxygen atoms in total. The van der Waals surface area contributed by atoms with Crippen LogP contribution in [0, 0.1) is 0 Å². The first kappa shape index (κ1) is 23.2. The predicted molar refractivity (Wildman–Crippen MR) is 110 cm³/mol. The van der Waals surface area contributed by atoms with E-state index in [0.29, 0.717) is 0 Å². The standard InChI is InChI=1S/2C11H21.Mg/c2*1-3-5-7-9-11-10-8-6-4-2;/h2*3H,1-2,4-11H2;. The molecule has 0 atom stereocenters. The van der Waals surface area contributed by atoms with Crippen molar-refractivity contribution in [3.63, 3.8) is 0 Å². The van der Waals surface area contributed by atoms with E-state index in [2.05, 4.69) is 25.3 Å². The highest BCUT2D eigenvalue weighted by Crippen LogP contribution is 2.12. The van der Waals surface area contributed by atoms with Gasteiger partial charge in [0.2, 0.25) is 0 Å². The van der Waals surface area contributed by atoms with E-state index in [1.165, 1.54) is 103 Å². The molecule has 0 fully saturated rings. The Hall–Kier alpha value is 0.246. The van der Waals surface area contributed by atoms with Gasteiger partial charge in [0.15, 0.2) is 0 Å². The number of unbranched alkanes of at least 4 members (excludes halogenated alkanes) is 14. The lowest BCUT2D eigenvalue weighted by atomic mass is 10.1. The van der Waals surface area contributed by atoms with Crippen molar-refractivity contribution in [2.75, 3.05) is 0 Å². The van der Waals surface area contributed by atoms with Crippen LogP contribution >= 0.6 is 0 Å². The van der Waals surface area contributed by atoms with Gasteiger partial charge >= 0.3 is 20.4 Å². The van der Waals surface area contributed by atoms with E-state index in [0.717, 1.165) is 0 Å². The number of hydrogen-bond donors (Lipinski definition) is 0. The molecular weight excluding hydrogens is 289 g/mol. The third-order valence-corrected chi connectivity index (χ3v) is 6.82. The molecule has 0 saturated heterocycles. The fraction of sp³-hybridized carbons (Fsp3) is 0.818. The van der Waals surface area contributed by atoms with Gasteiger partial charge in [-0.25, -0.2) is 0 Å². The summed E-state index contributed by atoms with van der Waals surface area (Å²) in [4.78, 5) is 0. The predicted octanol–water partition coefficient (Wildman–Crippen LogP) is 8.14. The third kappa shape index (κ3) is 22.2. The highest BCUT2D eigenvalue weighted by molar-refractivity contribution is 6.35. The van der Waals surface area contributed by atoms with Gasteiger partial charge in [-0.1, -0.05) is 89.2 Å². The van der Waals surface area contributed by atoms with Gasteiger partial charge < -0.3 is 0 Å². The second kappa shape index (κ2) is 22.2. The Morgan fingerprint density at radius 2 is 0.739 bits per heavy atom. The van der Waals surface area contributed by atoms with E-state index in [-0.39, 0.29) is 20.4 Å². The van der Waals surface area contributed by atoms with Crippen LogP contribution in [-0.4, -0.2) is 20.4 Å². The van der Waals surface area contributed by atoms with Crippen LogP contribution in [0.4, 0.5) is 0 Å². The van der Waals surface area contributed by atoms with Crippen molar-refractivity contribution in [1.29, 1.82) is 0 Å². The van der Waals surface area contributed by atoms with Crippen LogP contribution < -0.4 is 0 Å². The quantitative estimate of drug-likeness (QED) is 0.120. The van der Waals surface area contributed by atoms with Gasteiger partial charge in [-0.2, -0.15) is 0 Å². The highest BCUT2D eigenvalue weighted by atomic mass is 24.5. The molecule has 0 bridgehead atoms. The van der Waals surface area contributed by atoms with Crippen LogP contribution in [0.15, 0.2) is 25.3 Å². The number of rotatable bonds is 20. The first-order chi connectivity index (χ1) is 11.4. The van der Waals surface area contributed by atoms with E-state index < -0.39 is 0 Å². The molecule has 0 aromatic rings. The summed E-state index contributed by atoms with van der Waals surface area (Å²) in [5.74, 6) is 0. The van der Waals surface area contributed by atoms with Gasteiger partial charge in [-0.3, -0.25) is 0 Å². The zero-order chi connectivity index (χ0) is 16.8. The molecule has 0 saturated carbocycles. The fourth-order valence-electron chi connectivity index (χ4n) is 3.23. The second-order valence-corrected chi connectivity index (χ2v) is 9.29. The summed E-state index contributed by atoms with van der Waals surface area (Å²) in [6.45, 7) is 7.56. The lowest BCUT2D eigenvalue weighted by molar-refractivity contribution is 0.588. The van der Waals surface area contributed by atoms with Crippen molar-refractivity contribution in [3.05, 3.63) is 25.3 Å². The molecule has 0 amide bonds. The van der Waals surface area contributed by atoms with Crippen molar-refractivity contribution < 1.29 is 0 Å². The van der Waals surface area contributed by atoms with Crippen LogP contribution in [0.3, 0.4) is 0 Å². The Morgan fingerprint density at radius 1 is 0.435 bits per heavy atom. The van der Waals surface area contributed by atoms with Crippen molar-refractivity contribution in [2.24, 2.45) is 0 Å². The van der Waals surface area contributed by atoms with E-state index >= 15 is 0 Å². The van der Waals surface area contributed by atoms with E-state index in [4.69, 9.17) is 0 Å². The molecule has 0 aromatic carbocycles. The van der Waals surface area contributed by atoms with Crippen LogP contribution in [0.1, 0.15) is 103 Å². The molecule has 0 heterocycles. The molecule has 0 N–H and O–H groups in total. The Morgan fingerprint density at radius 3 is 1.09 bits per heavy atom.